The van der Waals surface area contributed by atoms with Crippen LogP contribution in [0.25, 0.3) is 0 Å². The molecule has 1 atom stereocenters. The smallest absolute Gasteiger partial charge is 0.0437 e. The summed E-state index contributed by atoms with van der Waals surface area (Å²) in [5, 5.41) is 0. The Balaban J connectivity index is 2.98. The minimum atomic E-state index is 0.139. The number of terminal acetylenes is 1. The van der Waals surface area contributed by atoms with Gasteiger partial charge in [-0.1, -0.05) is 5.92 Å². The molecule has 1 rings (SSSR count). The standard InChI is InChI=1S/C9H8BrN/c1-3-7(2)8-4-9(10)6-11-5-8/h1,4-7H,2H3. The molecule has 1 aromatic rings. The van der Waals surface area contributed by atoms with E-state index in [9.17, 15) is 0 Å². The van der Waals surface area contributed by atoms with E-state index in [1.165, 1.54) is 0 Å². The van der Waals surface area contributed by atoms with E-state index in [0.717, 1.165) is 10.0 Å². The molecule has 0 bridgehead atoms. The van der Waals surface area contributed by atoms with Crippen molar-refractivity contribution in [3.05, 3.63) is 28.5 Å². The molecule has 11 heavy (non-hydrogen) atoms. The van der Waals surface area contributed by atoms with E-state index < -0.39 is 0 Å². The van der Waals surface area contributed by atoms with Crippen molar-refractivity contribution >= 4 is 15.9 Å². The minimum Gasteiger partial charge on any atom is -0.263 e. The number of hydrogen-bond donors (Lipinski definition) is 0. The van der Waals surface area contributed by atoms with Crippen molar-refractivity contribution in [3.63, 3.8) is 0 Å². The third-order valence-corrected chi connectivity index (χ3v) is 1.91. The zero-order valence-corrected chi connectivity index (χ0v) is 7.80. The first kappa shape index (κ1) is 8.29. The van der Waals surface area contributed by atoms with E-state index in [2.05, 4.69) is 26.8 Å². The summed E-state index contributed by atoms with van der Waals surface area (Å²) in [7, 11) is 0. The fourth-order valence-electron chi connectivity index (χ4n) is 0.761. The Labute approximate surface area is 75.0 Å². The molecule has 56 valence electrons. The van der Waals surface area contributed by atoms with Gasteiger partial charge in [0.1, 0.15) is 0 Å². The summed E-state index contributed by atoms with van der Waals surface area (Å²) in [6.45, 7) is 1.98. The highest BCUT2D eigenvalue weighted by Gasteiger charge is 2.00. The molecular weight excluding hydrogens is 202 g/mol. The molecule has 1 nitrogen and oxygen atoms in total. The number of rotatable bonds is 1. The van der Waals surface area contributed by atoms with E-state index in [4.69, 9.17) is 6.42 Å². The van der Waals surface area contributed by atoms with E-state index in [1.54, 1.807) is 12.4 Å². The zero-order chi connectivity index (χ0) is 8.27. The largest absolute Gasteiger partial charge is 0.263 e. The molecule has 0 N–H and O–H groups in total. The Morgan fingerprint density at radius 1 is 1.64 bits per heavy atom. The van der Waals surface area contributed by atoms with E-state index in [1.807, 2.05) is 13.0 Å². The Morgan fingerprint density at radius 3 is 2.91 bits per heavy atom. The third kappa shape index (κ3) is 2.06. The van der Waals surface area contributed by atoms with Crippen LogP contribution in [0.15, 0.2) is 22.9 Å². The van der Waals surface area contributed by atoms with Crippen LogP contribution in [0.4, 0.5) is 0 Å². The molecule has 0 saturated carbocycles. The predicted octanol–water partition coefficient (Wildman–Crippen LogP) is 2.58. The fraction of sp³-hybridized carbons (Fsp3) is 0.222. The van der Waals surface area contributed by atoms with Gasteiger partial charge in [-0.05, 0) is 34.5 Å². The fourth-order valence-corrected chi connectivity index (χ4v) is 1.14. The lowest BCUT2D eigenvalue weighted by atomic mass is 10.1. The van der Waals surface area contributed by atoms with Crippen LogP contribution in [0.3, 0.4) is 0 Å². The quantitative estimate of drug-likeness (QED) is 0.649. The van der Waals surface area contributed by atoms with Gasteiger partial charge in [-0.2, -0.15) is 0 Å². The van der Waals surface area contributed by atoms with E-state index >= 15 is 0 Å². The molecule has 0 aromatic carbocycles. The first-order valence-corrected chi connectivity index (χ1v) is 4.10. The number of hydrogen-bond acceptors (Lipinski definition) is 1. The molecule has 1 heterocycles. The second-order valence-electron chi connectivity index (χ2n) is 2.32. The number of aromatic nitrogens is 1. The number of halogens is 1. The van der Waals surface area contributed by atoms with Crippen molar-refractivity contribution < 1.29 is 0 Å². The van der Waals surface area contributed by atoms with Gasteiger partial charge in [-0.15, -0.1) is 6.42 Å². The van der Waals surface area contributed by atoms with Crippen LogP contribution < -0.4 is 0 Å². The van der Waals surface area contributed by atoms with Crippen LogP contribution in [0, 0.1) is 12.3 Å². The van der Waals surface area contributed by atoms with Crippen LogP contribution in [0.1, 0.15) is 18.4 Å². The summed E-state index contributed by atoms with van der Waals surface area (Å²) >= 11 is 3.33. The van der Waals surface area contributed by atoms with Crippen LogP contribution >= 0.6 is 15.9 Å². The van der Waals surface area contributed by atoms with Crippen molar-refractivity contribution in [2.24, 2.45) is 0 Å². The highest BCUT2D eigenvalue weighted by atomic mass is 79.9. The van der Waals surface area contributed by atoms with Gasteiger partial charge in [-0.25, -0.2) is 0 Å². The van der Waals surface area contributed by atoms with Gasteiger partial charge in [0, 0.05) is 22.8 Å². The lowest BCUT2D eigenvalue weighted by molar-refractivity contribution is 0.985. The highest BCUT2D eigenvalue weighted by molar-refractivity contribution is 9.10. The average Bonchev–Trinajstić information content (AvgIpc) is 2.03. The van der Waals surface area contributed by atoms with Crippen molar-refractivity contribution in [3.8, 4) is 12.3 Å². The summed E-state index contributed by atoms with van der Waals surface area (Å²) < 4.78 is 0.970. The molecule has 0 amide bonds. The molecular formula is C9H8BrN. The van der Waals surface area contributed by atoms with Gasteiger partial charge in [0.15, 0.2) is 0 Å². The lowest BCUT2D eigenvalue weighted by Crippen LogP contribution is -1.89. The first-order valence-electron chi connectivity index (χ1n) is 3.30. The Morgan fingerprint density at radius 2 is 2.36 bits per heavy atom. The molecule has 2 heteroatoms. The van der Waals surface area contributed by atoms with Gasteiger partial charge < -0.3 is 0 Å². The molecule has 1 unspecified atom stereocenters. The van der Waals surface area contributed by atoms with Gasteiger partial charge in [0.2, 0.25) is 0 Å². The Bertz CT molecular complexity index is 288. The normalized spacial score (nSPS) is 12.1. The lowest BCUT2D eigenvalue weighted by Gasteiger charge is -2.02. The number of nitrogens with zero attached hydrogens (tertiary/aromatic N) is 1. The monoisotopic (exact) mass is 209 g/mol. The van der Waals surface area contributed by atoms with Crippen LogP contribution in [-0.4, -0.2) is 4.98 Å². The molecule has 0 spiro atoms. The molecule has 0 radical (unpaired) electrons. The van der Waals surface area contributed by atoms with E-state index in [0.29, 0.717) is 0 Å². The maximum absolute atomic E-state index is 5.26. The zero-order valence-electron chi connectivity index (χ0n) is 6.21. The van der Waals surface area contributed by atoms with Crippen molar-refractivity contribution in [2.45, 2.75) is 12.8 Å². The number of pyridine rings is 1. The summed E-state index contributed by atoms with van der Waals surface area (Å²) in [5.74, 6) is 2.79. The second-order valence-corrected chi connectivity index (χ2v) is 3.24. The van der Waals surface area contributed by atoms with Gasteiger partial charge in [0.25, 0.3) is 0 Å². The van der Waals surface area contributed by atoms with Crippen LogP contribution in [0.5, 0.6) is 0 Å². The van der Waals surface area contributed by atoms with Crippen LogP contribution in [-0.2, 0) is 0 Å². The predicted molar refractivity (Wildman–Crippen MR) is 49.2 cm³/mol. The van der Waals surface area contributed by atoms with E-state index in [-0.39, 0.29) is 5.92 Å². The summed E-state index contributed by atoms with van der Waals surface area (Å²) in [6.07, 6.45) is 8.79. The summed E-state index contributed by atoms with van der Waals surface area (Å²) in [4.78, 5) is 4.01. The van der Waals surface area contributed by atoms with Gasteiger partial charge in [0.05, 0.1) is 0 Å². The topological polar surface area (TPSA) is 12.9 Å². The van der Waals surface area contributed by atoms with Gasteiger partial charge in [-0.3, -0.25) is 4.98 Å². The molecule has 0 aliphatic heterocycles. The first-order chi connectivity index (χ1) is 5.24. The maximum Gasteiger partial charge on any atom is 0.0437 e. The molecule has 0 saturated heterocycles. The van der Waals surface area contributed by atoms with Crippen LogP contribution in [0.2, 0.25) is 0 Å². The maximum atomic E-state index is 5.26. The SMILES string of the molecule is C#CC(C)c1cncc(Br)c1. The summed E-state index contributed by atoms with van der Waals surface area (Å²) in [6, 6.07) is 1.98. The van der Waals surface area contributed by atoms with Gasteiger partial charge >= 0.3 is 0 Å². The summed E-state index contributed by atoms with van der Waals surface area (Å²) in [5.41, 5.74) is 1.07. The van der Waals surface area contributed by atoms with Crippen molar-refractivity contribution in [1.82, 2.24) is 4.98 Å². The third-order valence-electron chi connectivity index (χ3n) is 1.48. The average molecular weight is 210 g/mol. The molecule has 0 fully saturated rings. The minimum absolute atomic E-state index is 0.139. The van der Waals surface area contributed by atoms with Crippen molar-refractivity contribution in [1.29, 1.82) is 0 Å². The van der Waals surface area contributed by atoms with Crippen molar-refractivity contribution in [2.75, 3.05) is 0 Å². The molecule has 0 aliphatic carbocycles. The second kappa shape index (κ2) is 3.54. The molecule has 0 aliphatic rings. The molecule has 1 aromatic heterocycles. The Hall–Kier alpha value is -0.810. The highest BCUT2D eigenvalue weighted by Crippen LogP contribution is 2.16. The Kier molecular flexibility index (Phi) is 2.67.